The van der Waals surface area contributed by atoms with Crippen LogP contribution in [0.25, 0.3) is 10.9 Å². The Hall–Kier alpha value is -3.30. The SMILES string of the molecule is COc1c(N2CCC(C)(CC(=O)O)CC2)c(F)cc2c(=O)c(C(=O)NCc3ccc(Cl)cc3Cl)cn(C3CC3)c12. The molecule has 1 saturated carbocycles. The minimum Gasteiger partial charge on any atom is -0.492 e. The average Bonchev–Trinajstić information content (AvgIpc) is 3.73. The molecule has 8 nitrogen and oxygen atoms in total. The number of piperidine rings is 1. The summed E-state index contributed by atoms with van der Waals surface area (Å²) in [6.07, 6.45) is 4.44. The van der Waals surface area contributed by atoms with Crippen molar-refractivity contribution in [2.75, 3.05) is 25.1 Å². The van der Waals surface area contributed by atoms with E-state index in [0.29, 0.717) is 47.1 Å². The maximum atomic E-state index is 15.8. The van der Waals surface area contributed by atoms with Crippen LogP contribution in [-0.2, 0) is 11.3 Å². The van der Waals surface area contributed by atoms with Crippen molar-refractivity contribution in [3.05, 3.63) is 67.7 Å². The van der Waals surface area contributed by atoms with E-state index < -0.39 is 23.1 Å². The minimum atomic E-state index is -0.852. The van der Waals surface area contributed by atoms with Crippen LogP contribution in [-0.4, -0.2) is 41.7 Å². The standard InChI is InChI=1S/C29H30Cl2FN3O5/c1-29(13-23(36)37)7-9-34(10-8-29)25-22(32)12-19-24(27(25)40-2)35(18-5-6-18)15-20(26(19)38)28(39)33-14-16-3-4-17(30)11-21(16)31/h3-4,11-12,15,18H,5-10,13-14H2,1-2H3,(H,33,39)(H,36,37). The number of aromatic nitrogens is 1. The van der Waals surface area contributed by atoms with Crippen LogP contribution < -0.4 is 20.4 Å². The quantitative estimate of drug-likeness (QED) is 0.344. The molecule has 1 aliphatic carbocycles. The number of rotatable bonds is 8. The van der Waals surface area contributed by atoms with Crippen LogP contribution in [0.15, 0.2) is 35.3 Å². The molecule has 2 heterocycles. The number of hydrogen-bond acceptors (Lipinski definition) is 5. The first kappa shape index (κ1) is 28.2. The zero-order valence-electron chi connectivity index (χ0n) is 22.2. The van der Waals surface area contributed by atoms with Gasteiger partial charge in [-0.2, -0.15) is 0 Å². The zero-order chi connectivity index (χ0) is 28.8. The molecule has 212 valence electrons. The Morgan fingerprint density at radius 1 is 1.20 bits per heavy atom. The third-order valence-corrected chi connectivity index (χ3v) is 8.49. The summed E-state index contributed by atoms with van der Waals surface area (Å²) < 4.78 is 23.4. The summed E-state index contributed by atoms with van der Waals surface area (Å²) in [6.45, 7) is 2.92. The summed E-state index contributed by atoms with van der Waals surface area (Å²) in [5.74, 6) is -1.84. The molecule has 2 fully saturated rings. The van der Waals surface area contributed by atoms with Gasteiger partial charge in [0.25, 0.3) is 5.91 Å². The molecule has 0 radical (unpaired) electrons. The molecule has 1 aliphatic heterocycles. The van der Waals surface area contributed by atoms with Crippen LogP contribution in [0, 0.1) is 11.2 Å². The summed E-state index contributed by atoms with van der Waals surface area (Å²) >= 11 is 12.2. The van der Waals surface area contributed by atoms with Crippen LogP contribution in [0.5, 0.6) is 5.75 Å². The highest BCUT2D eigenvalue weighted by atomic mass is 35.5. The van der Waals surface area contributed by atoms with Gasteiger partial charge in [0.1, 0.15) is 11.3 Å². The lowest BCUT2D eigenvalue weighted by molar-refractivity contribution is -0.139. The molecule has 0 spiro atoms. The van der Waals surface area contributed by atoms with Gasteiger partial charge in [0, 0.05) is 41.9 Å². The molecule has 2 aliphatic rings. The lowest BCUT2D eigenvalue weighted by Crippen LogP contribution is -2.40. The van der Waals surface area contributed by atoms with Crippen molar-refractivity contribution in [3.63, 3.8) is 0 Å². The Labute approximate surface area is 240 Å². The number of carboxylic acids is 1. The van der Waals surface area contributed by atoms with E-state index in [1.165, 1.54) is 19.4 Å². The summed E-state index contributed by atoms with van der Waals surface area (Å²) in [7, 11) is 1.44. The van der Waals surface area contributed by atoms with E-state index in [0.717, 1.165) is 12.8 Å². The number of benzene rings is 2. The normalized spacial score (nSPS) is 16.7. The number of anilines is 1. The smallest absolute Gasteiger partial charge is 0.303 e. The van der Waals surface area contributed by atoms with Crippen molar-refractivity contribution in [2.24, 2.45) is 5.41 Å². The first-order chi connectivity index (χ1) is 19.0. The highest BCUT2D eigenvalue weighted by Crippen LogP contribution is 2.45. The van der Waals surface area contributed by atoms with Gasteiger partial charge in [0.15, 0.2) is 11.6 Å². The summed E-state index contributed by atoms with van der Waals surface area (Å²) in [6, 6.07) is 6.16. The van der Waals surface area contributed by atoms with E-state index in [9.17, 15) is 19.5 Å². The molecule has 2 aromatic carbocycles. The summed E-state index contributed by atoms with van der Waals surface area (Å²) in [4.78, 5) is 39.9. The topological polar surface area (TPSA) is 101 Å². The van der Waals surface area contributed by atoms with Gasteiger partial charge in [0.05, 0.1) is 24.4 Å². The molecule has 3 aromatic rings. The van der Waals surface area contributed by atoms with Gasteiger partial charge in [-0.25, -0.2) is 4.39 Å². The number of nitrogens with one attached hydrogen (secondary N) is 1. The van der Waals surface area contributed by atoms with Crippen LogP contribution in [0.3, 0.4) is 0 Å². The number of pyridine rings is 1. The molecular formula is C29H30Cl2FN3O5. The van der Waals surface area contributed by atoms with Crippen molar-refractivity contribution >= 4 is 51.7 Å². The van der Waals surface area contributed by atoms with Crippen LogP contribution >= 0.6 is 23.2 Å². The van der Waals surface area contributed by atoms with E-state index in [1.807, 2.05) is 16.4 Å². The van der Waals surface area contributed by atoms with Crippen molar-refractivity contribution in [2.45, 2.75) is 51.6 Å². The third kappa shape index (κ3) is 5.49. The summed E-state index contributed by atoms with van der Waals surface area (Å²) in [5.41, 5.74) is 0.265. The van der Waals surface area contributed by atoms with Gasteiger partial charge in [0.2, 0.25) is 5.43 Å². The fourth-order valence-corrected chi connectivity index (χ4v) is 5.96. The predicted molar refractivity (Wildman–Crippen MR) is 152 cm³/mol. The molecule has 2 N–H and O–H groups in total. The number of hydrogen-bond donors (Lipinski definition) is 2. The van der Waals surface area contributed by atoms with E-state index in [4.69, 9.17) is 27.9 Å². The second kappa shape index (κ2) is 10.9. The predicted octanol–water partition coefficient (Wildman–Crippen LogP) is 5.80. The Morgan fingerprint density at radius 2 is 1.90 bits per heavy atom. The lowest BCUT2D eigenvalue weighted by atomic mass is 9.77. The number of carbonyl (C=O) groups excluding carboxylic acids is 1. The minimum absolute atomic E-state index is 0.0489. The average molecular weight is 590 g/mol. The maximum Gasteiger partial charge on any atom is 0.303 e. The zero-order valence-corrected chi connectivity index (χ0v) is 23.7. The van der Waals surface area contributed by atoms with Crippen LogP contribution in [0.4, 0.5) is 10.1 Å². The molecule has 1 aromatic heterocycles. The number of aliphatic carboxylic acids is 1. The largest absolute Gasteiger partial charge is 0.492 e. The fourth-order valence-electron chi connectivity index (χ4n) is 5.48. The highest BCUT2D eigenvalue weighted by molar-refractivity contribution is 6.35. The van der Waals surface area contributed by atoms with Gasteiger partial charge in [-0.3, -0.25) is 14.4 Å². The number of carbonyl (C=O) groups is 2. The Balaban J connectivity index is 1.52. The second-order valence-electron chi connectivity index (χ2n) is 10.9. The van der Waals surface area contributed by atoms with Gasteiger partial charge in [-0.05, 0) is 54.9 Å². The Kier molecular flexibility index (Phi) is 7.72. The number of ether oxygens (including phenoxy) is 1. The second-order valence-corrected chi connectivity index (χ2v) is 11.8. The van der Waals surface area contributed by atoms with Gasteiger partial charge in [-0.1, -0.05) is 36.2 Å². The number of nitrogens with zero attached hydrogens (tertiary/aromatic N) is 2. The fraction of sp³-hybridized carbons (Fsp3) is 0.414. The van der Waals surface area contributed by atoms with Crippen molar-refractivity contribution < 1.29 is 23.8 Å². The van der Waals surface area contributed by atoms with Crippen LogP contribution in [0.1, 0.15) is 61.0 Å². The monoisotopic (exact) mass is 589 g/mol. The molecule has 0 unspecified atom stereocenters. The van der Waals surface area contributed by atoms with Gasteiger partial charge in [-0.15, -0.1) is 0 Å². The van der Waals surface area contributed by atoms with Crippen LogP contribution in [0.2, 0.25) is 10.0 Å². The third-order valence-electron chi connectivity index (χ3n) is 7.91. The molecule has 5 rings (SSSR count). The molecule has 1 amide bonds. The molecule has 1 saturated heterocycles. The van der Waals surface area contributed by atoms with Gasteiger partial charge >= 0.3 is 5.97 Å². The maximum absolute atomic E-state index is 15.8. The van der Waals surface area contributed by atoms with Gasteiger partial charge < -0.3 is 24.6 Å². The van der Waals surface area contributed by atoms with Crippen molar-refractivity contribution in [3.8, 4) is 5.75 Å². The molecular weight excluding hydrogens is 560 g/mol. The van der Waals surface area contributed by atoms with E-state index in [-0.39, 0.29) is 46.8 Å². The molecule has 40 heavy (non-hydrogen) atoms. The highest BCUT2D eigenvalue weighted by Gasteiger charge is 2.36. The Morgan fingerprint density at radius 3 is 2.50 bits per heavy atom. The first-order valence-corrected chi connectivity index (χ1v) is 13.9. The van der Waals surface area contributed by atoms with Crippen molar-refractivity contribution in [1.29, 1.82) is 0 Å². The van der Waals surface area contributed by atoms with Crippen molar-refractivity contribution in [1.82, 2.24) is 9.88 Å². The first-order valence-electron chi connectivity index (χ1n) is 13.2. The molecule has 0 atom stereocenters. The number of methoxy groups -OCH3 is 1. The molecule has 11 heteroatoms. The number of carboxylic acid groups (broad SMARTS) is 1. The van der Waals surface area contributed by atoms with E-state index in [1.54, 1.807) is 18.2 Å². The molecule has 0 bridgehead atoms. The van der Waals surface area contributed by atoms with E-state index in [2.05, 4.69) is 5.32 Å². The van der Waals surface area contributed by atoms with E-state index >= 15 is 4.39 Å². The summed E-state index contributed by atoms with van der Waals surface area (Å²) in [5, 5.41) is 12.9. The lowest BCUT2D eigenvalue weighted by Gasteiger charge is -2.40. The Bertz CT molecular complexity index is 1560. The number of fused-ring (bicyclic) bond motifs is 1. The number of halogens is 3. The number of amides is 1.